The van der Waals surface area contributed by atoms with E-state index in [1.54, 1.807) is 41.3 Å². The summed E-state index contributed by atoms with van der Waals surface area (Å²) in [5, 5.41) is 5.69. The maximum Gasteiger partial charge on any atom is 0.150 e. The Bertz CT molecular complexity index is 1350. The van der Waals surface area contributed by atoms with E-state index in [0.29, 0.717) is 27.7 Å². The molecule has 0 aliphatic carbocycles. The average Bonchev–Trinajstić information content (AvgIpc) is 3.31. The summed E-state index contributed by atoms with van der Waals surface area (Å²) in [6, 6.07) is 8.74. The minimum atomic E-state index is -0.424. The van der Waals surface area contributed by atoms with Gasteiger partial charge in [-0.15, -0.1) is 0 Å². The van der Waals surface area contributed by atoms with Gasteiger partial charge in [0.2, 0.25) is 0 Å². The fourth-order valence-electron chi connectivity index (χ4n) is 3.46. The second kappa shape index (κ2) is 6.09. The molecule has 1 N–H and O–H groups in total. The molecule has 0 saturated heterocycles. The second-order valence-corrected chi connectivity index (χ2v) is 6.59. The van der Waals surface area contributed by atoms with Crippen LogP contribution in [0.25, 0.3) is 44.3 Å². The van der Waals surface area contributed by atoms with Gasteiger partial charge in [-0.05, 0) is 11.6 Å². The van der Waals surface area contributed by atoms with E-state index in [0.717, 1.165) is 28.4 Å². The van der Waals surface area contributed by atoms with Crippen LogP contribution < -0.4 is 0 Å². The van der Waals surface area contributed by atoms with Crippen LogP contribution in [0.1, 0.15) is 10.4 Å². The molecule has 1 aromatic carbocycles. The highest BCUT2D eigenvalue weighted by Crippen LogP contribution is 2.36. The SMILES string of the molecule is Cn1cc(-c2cc3c(cn2)[nH]c2ncc(F)c(-c4ccc(C=O)cc4)c23)cn1. The van der Waals surface area contributed by atoms with Gasteiger partial charge in [0, 0.05) is 40.7 Å². The molecule has 0 fully saturated rings. The number of halogens is 1. The molecule has 0 atom stereocenters. The normalized spacial score (nSPS) is 11.4. The lowest BCUT2D eigenvalue weighted by atomic mass is 9.99. The molecule has 28 heavy (non-hydrogen) atoms. The molecule has 5 rings (SSSR count). The molecule has 0 saturated carbocycles. The van der Waals surface area contributed by atoms with Crippen LogP contribution in [-0.2, 0) is 7.05 Å². The number of fused-ring (bicyclic) bond motifs is 3. The molecule has 5 aromatic rings. The maximum atomic E-state index is 14.8. The van der Waals surface area contributed by atoms with E-state index in [-0.39, 0.29) is 0 Å². The zero-order chi connectivity index (χ0) is 19.3. The molecule has 0 aliphatic rings. The summed E-state index contributed by atoms with van der Waals surface area (Å²) in [5.74, 6) is -0.424. The molecule has 0 unspecified atom stereocenters. The first kappa shape index (κ1) is 16.3. The average molecular weight is 371 g/mol. The molecule has 0 aliphatic heterocycles. The number of aromatic nitrogens is 5. The van der Waals surface area contributed by atoms with Gasteiger partial charge in [-0.3, -0.25) is 14.5 Å². The summed E-state index contributed by atoms with van der Waals surface area (Å²) < 4.78 is 16.6. The number of carbonyl (C=O) groups is 1. The molecule has 0 radical (unpaired) electrons. The number of aldehydes is 1. The van der Waals surface area contributed by atoms with Gasteiger partial charge in [0.25, 0.3) is 0 Å². The van der Waals surface area contributed by atoms with Crippen LogP contribution in [0, 0.1) is 5.82 Å². The first-order valence-electron chi connectivity index (χ1n) is 8.64. The van der Waals surface area contributed by atoms with Gasteiger partial charge < -0.3 is 4.98 Å². The van der Waals surface area contributed by atoms with Crippen LogP contribution in [0.4, 0.5) is 4.39 Å². The van der Waals surface area contributed by atoms with Crippen LogP contribution in [0.15, 0.2) is 55.1 Å². The minimum absolute atomic E-state index is 0.424. The lowest BCUT2D eigenvalue weighted by Gasteiger charge is -2.06. The van der Waals surface area contributed by atoms with Gasteiger partial charge >= 0.3 is 0 Å². The van der Waals surface area contributed by atoms with Gasteiger partial charge in [-0.25, -0.2) is 9.37 Å². The quantitative estimate of drug-likeness (QED) is 0.484. The Morgan fingerprint density at radius 3 is 2.61 bits per heavy atom. The molecule has 4 heterocycles. The number of aryl methyl sites for hydroxylation is 1. The monoisotopic (exact) mass is 371 g/mol. The van der Waals surface area contributed by atoms with E-state index < -0.39 is 5.82 Å². The van der Waals surface area contributed by atoms with Crippen LogP contribution in [-0.4, -0.2) is 31.0 Å². The van der Waals surface area contributed by atoms with Crippen molar-refractivity contribution in [1.82, 2.24) is 24.7 Å². The van der Waals surface area contributed by atoms with Crippen LogP contribution in [0.5, 0.6) is 0 Å². The Kier molecular flexibility index (Phi) is 3.55. The Morgan fingerprint density at radius 2 is 1.89 bits per heavy atom. The molecule has 136 valence electrons. The molecular formula is C21H14FN5O. The number of rotatable bonds is 3. The van der Waals surface area contributed by atoms with E-state index in [2.05, 4.69) is 20.1 Å². The van der Waals surface area contributed by atoms with Crippen molar-refractivity contribution in [1.29, 1.82) is 0 Å². The number of carbonyl (C=O) groups excluding carboxylic acids is 1. The topological polar surface area (TPSA) is 76.5 Å². The van der Waals surface area contributed by atoms with Crippen molar-refractivity contribution < 1.29 is 9.18 Å². The smallest absolute Gasteiger partial charge is 0.150 e. The number of aromatic amines is 1. The third-order valence-electron chi connectivity index (χ3n) is 4.80. The molecular weight excluding hydrogens is 357 g/mol. The summed E-state index contributed by atoms with van der Waals surface area (Å²) in [7, 11) is 1.84. The van der Waals surface area contributed by atoms with Crippen LogP contribution in [0.2, 0.25) is 0 Å². The third kappa shape index (κ3) is 2.48. The molecule has 4 aromatic heterocycles. The van der Waals surface area contributed by atoms with E-state index in [1.165, 1.54) is 6.20 Å². The largest absolute Gasteiger partial charge is 0.338 e. The number of benzene rings is 1. The van der Waals surface area contributed by atoms with E-state index in [4.69, 9.17) is 0 Å². The predicted molar refractivity (Wildman–Crippen MR) is 104 cm³/mol. The van der Waals surface area contributed by atoms with Crippen molar-refractivity contribution in [3.05, 3.63) is 66.5 Å². The van der Waals surface area contributed by atoms with E-state index in [9.17, 15) is 9.18 Å². The standard InChI is InChI=1S/C21H14FN5O/c1-27-10-14(7-25-27)17-6-15-18(9-23-17)26-21-20(15)19(16(22)8-24-21)13-4-2-12(11-28)3-5-13/h2-11H,1H3,(H,24,26). The highest BCUT2D eigenvalue weighted by Gasteiger charge is 2.17. The van der Waals surface area contributed by atoms with Gasteiger partial charge in [-0.1, -0.05) is 24.3 Å². The fourth-order valence-corrected chi connectivity index (χ4v) is 3.46. The van der Waals surface area contributed by atoms with Crippen molar-refractivity contribution in [2.45, 2.75) is 0 Å². The van der Waals surface area contributed by atoms with Crippen molar-refractivity contribution in [3.8, 4) is 22.4 Å². The lowest BCUT2D eigenvalue weighted by molar-refractivity contribution is 0.112. The molecule has 6 nitrogen and oxygen atoms in total. The number of nitrogens with zero attached hydrogens (tertiary/aromatic N) is 4. The molecule has 7 heteroatoms. The number of hydrogen-bond donors (Lipinski definition) is 1. The minimum Gasteiger partial charge on any atom is -0.338 e. The zero-order valence-electron chi connectivity index (χ0n) is 14.8. The first-order chi connectivity index (χ1) is 13.6. The summed E-state index contributed by atoms with van der Waals surface area (Å²) in [6.07, 6.45) is 7.30. The Hall–Kier alpha value is -3.87. The summed E-state index contributed by atoms with van der Waals surface area (Å²) in [5.41, 5.74) is 4.63. The molecule has 0 spiro atoms. The Morgan fingerprint density at radius 1 is 1.07 bits per heavy atom. The number of nitrogens with one attached hydrogen (secondary N) is 1. The highest BCUT2D eigenvalue weighted by atomic mass is 19.1. The fraction of sp³-hybridized carbons (Fsp3) is 0.0476. The maximum absolute atomic E-state index is 14.8. The van der Waals surface area contributed by atoms with Crippen molar-refractivity contribution in [2.24, 2.45) is 7.05 Å². The number of hydrogen-bond acceptors (Lipinski definition) is 4. The van der Waals surface area contributed by atoms with Crippen molar-refractivity contribution in [2.75, 3.05) is 0 Å². The molecule has 0 amide bonds. The van der Waals surface area contributed by atoms with Gasteiger partial charge in [0.15, 0.2) is 0 Å². The van der Waals surface area contributed by atoms with E-state index >= 15 is 0 Å². The molecule has 0 bridgehead atoms. The van der Waals surface area contributed by atoms with Crippen molar-refractivity contribution >= 4 is 28.2 Å². The lowest BCUT2D eigenvalue weighted by Crippen LogP contribution is -1.90. The highest BCUT2D eigenvalue weighted by molar-refractivity contribution is 6.13. The summed E-state index contributed by atoms with van der Waals surface area (Å²) >= 11 is 0. The number of pyridine rings is 2. The summed E-state index contributed by atoms with van der Waals surface area (Å²) in [6.45, 7) is 0. The van der Waals surface area contributed by atoms with Crippen LogP contribution in [0.3, 0.4) is 0 Å². The first-order valence-corrected chi connectivity index (χ1v) is 8.64. The Balaban J connectivity index is 1.81. The third-order valence-corrected chi connectivity index (χ3v) is 4.80. The zero-order valence-corrected chi connectivity index (χ0v) is 14.8. The predicted octanol–water partition coefficient (Wildman–Crippen LogP) is 4.13. The van der Waals surface area contributed by atoms with Crippen molar-refractivity contribution in [3.63, 3.8) is 0 Å². The summed E-state index contributed by atoms with van der Waals surface area (Å²) in [4.78, 5) is 22.8. The van der Waals surface area contributed by atoms with Gasteiger partial charge in [0.1, 0.15) is 17.8 Å². The second-order valence-electron chi connectivity index (χ2n) is 6.59. The van der Waals surface area contributed by atoms with Crippen LogP contribution >= 0.6 is 0 Å². The van der Waals surface area contributed by atoms with Gasteiger partial charge in [0.05, 0.1) is 29.8 Å². The number of H-pyrrole nitrogens is 1. The van der Waals surface area contributed by atoms with Gasteiger partial charge in [-0.2, -0.15) is 5.10 Å². The van der Waals surface area contributed by atoms with E-state index in [1.807, 2.05) is 19.3 Å². The Labute approximate surface area is 158 Å².